The molecule has 3 nitrogen and oxygen atoms in total. The van der Waals surface area contributed by atoms with E-state index >= 15 is 0 Å². The second kappa shape index (κ2) is 6.68. The first-order chi connectivity index (χ1) is 7.89. The summed E-state index contributed by atoms with van der Waals surface area (Å²) in [4.78, 5) is 1.99. The van der Waals surface area contributed by atoms with Crippen LogP contribution in [0.3, 0.4) is 0 Å². The topological polar surface area (TPSA) is 35.5 Å². The Bertz CT molecular complexity index is 336. The van der Waals surface area contributed by atoms with E-state index in [1.807, 2.05) is 25.9 Å². The summed E-state index contributed by atoms with van der Waals surface area (Å²) in [6.45, 7) is 3.90. The third-order valence-electron chi connectivity index (χ3n) is 2.41. The minimum Gasteiger partial charge on any atom is -0.388 e. The molecule has 0 aliphatic rings. The summed E-state index contributed by atoms with van der Waals surface area (Å²) in [6, 6.07) is 8.40. The van der Waals surface area contributed by atoms with Gasteiger partial charge in [-0.2, -0.15) is 0 Å². The number of halogens is 1. The highest BCUT2D eigenvalue weighted by atomic mass is 127. The second-order valence-electron chi connectivity index (χ2n) is 4.96. The molecule has 0 aromatic heterocycles. The van der Waals surface area contributed by atoms with Crippen molar-refractivity contribution >= 4 is 22.6 Å². The van der Waals surface area contributed by atoms with Crippen LogP contribution in [0.15, 0.2) is 24.3 Å². The normalized spacial score (nSPS) is 14.9. The zero-order valence-electron chi connectivity index (χ0n) is 10.7. The summed E-state index contributed by atoms with van der Waals surface area (Å²) in [5.74, 6) is 0. The van der Waals surface area contributed by atoms with Crippen molar-refractivity contribution in [3.05, 3.63) is 33.4 Å². The predicted octanol–water partition coefficient (Wildman–Crippen LogP) is 1.69. The Kier molecular flexibility index (Phi) is 5.85. The van der Waals surface area contributed by atoms with E-state index in [0.29, 0.717) is 13.1 Å². The Morgan fingerprint density at radius 1 is 1.29 bits per heavy atom. The lowest BCUT2D eigenvalue weighted by molar-refractivity contribution is 0.0336. The Hall–Kier alpha value is -0.170. The quantitative estimate of drug-likeness (QED) is 0.769. The number of rotatable bonds is 6. The van der Waals surface area contributed by atoms with Crippen LogP contribution in [0.2, 0.25) is 0 Å². The summed E-state index contributed by atoms with van der Waals surface area (Å²) >= 11 is 2.29. The van der Waals surface area contributed by atoms with Gasteiger partial charge in [0.15, 0.2) is 0 Å². The largest absolute Gasteiger partial charge is 0.388 e. The average molecular weight is 348 g/mol. The summed E-state index contributed by atoms with van der Waals surface area (Å²) < 4.78 is 1.24. The lowest BCUT2D eigenvalue weighted by Gasteiger charge is -2.27. The maximum atomic E-state index is 10.1. The van der Waals surface area contributed by atoms with Crippen molar-refractivity contribution in [2.24, 2.45) is 0 Å². The Balaban J connectivity index is 2.34. The SMILES string of the molecule is CN(C)CC(C)(O)CNCc1ccc(I)cc1. The molecule has 0 fully saturated rings. The van der Waals surface area contributed by atoms with Crippen LogP contribution in [0, 0.1) is 3.57 Å². The van der Waals surface area contributed by atoms with Gasteiger partial charge in [0, 0.05) is 23.2 Å². The van der Waals surface area contributed by atoms with E-state index in [1.165, 1.54) is 9.13 Å². The second-order valence-corrected chi connectivity index (χ2v) is 6.21. The van der Waals surface area contributed by atoms with Crippen molar-refractivity contribution in [3.63, 3.8) is 0 Å². The van der Waals surface area contributed by atoms with Gasteiger partial charge in [0.25, 0.3) is 0 Å². The lowest BCUT2D eigenvalue weighted by Crippen LogP contribution is -2.45. The molecule has 1 rings (SSSR count). The van der Waals surface area contributed by atoms with Gasteiger partial charge in [-0.15, -0.1) is 0 Å². The molecule has 0 saturated carbocycles. The molecule has 2 N–H and O–H groups in total. The van der Waals surface area contributed by atoms with Gasteiger partial charge in [0.1, 0.15) is 0 Å². The third kappa shape index (κ3) is 6.35. The molecular formula is C13H21IN2O. The molecular weight excluding hydrogens is 327 g/mol. The Labute approximate surface area is 117 Å². The van der Waals surface area contributed by atoms with Gasteiger partial charge in [-0.3, -0.25) is 0 Å². The molecule has 1 aromatic carbocycles. The maximum Gasteiger partial charge on any atom is 0.0869 e. The zero-order valence-corrected chi connectivity index (χ0v) is 12.9. The number of hydrogen-bond acceptors (Lipinski definition) is 3. The molecule has 1 unspecified atom stereocenters. The predicted molar refractivity (Wildman–Crippen MR) is 80.0 cm³/mol. The van der Waals surface area contributed by atoms with Crippen LogP contribution in [0.1, 0.15) is 12.5 Å². The number of aliphatic hydroxyl groups is 1. The van der Waals surface area contributed by atoms with Crippen molar-refractivity contribution in [1.29, 1.82) is 0 Å². The Morgan fingerprint density at radius 2 is 1.88 bits per heavy atom. The molecule has 0 saturated heterocycles. The van der Waals surface area contributed by atoms with Crippen molar-refractivity contribution in [2.45, 2.75) is 19.1 Å². The molecule has 0 amide bonds. The van der Waals surface area contributed by atoms with Crippen molar-refractivity contribution < 1.29 is 5.11 Å². The van der Waals surface area contributed by atoms with E-state index < -0.39 is 5.60 Å². The molecule has 96 valence electrons. The summed E-state index contributed by atoms with van der Waals surface area (Å²) in [5.41, 5.74) is 0.554. The monoisotopic (exact) mass is 348 g/mol. The van der Waals surface area contributed by atoms with Crippen LogP contribution >= 0.6 is 22.6 Å². The van der Waals surface area contributed by atoms with E-state index in [-0.39, 0.29) is 0 Å². The number of benzene rings is 1. The van der Waals surface area contributed by atoms with Crippen LogP contribution in [-0.2, 0) is 6.54 Å². The van der Waals surface area contributed by atoms with E-state index in [4.69, 9.17) is 0 Å². The van der Waals surface area contributed by atoms with Crippen LogP contribution in [0.4, 0.5) is 0 Å². The molecule has 0 heterocycles. The van der Waals surface area contributed by atoms with Crippen LogP contribution in [0.25, 0.3) is 0 Å². The highest BCUT2D eigenvalue weighted by molar-refractivity contribution is 14.1. The fourth-order valence-corrected chi connectivity index (χ4v) is 2.18. The van der Waals surface area contributed by atoms with E-state index in [0.717, 1.165) is 6.54 Å². The minimum absolute atomic E-state index is 0.594. The third-order valence-corrected chi connectivity index (χ3v) is 3.12. The highest BCUT2D eigenvalue weighted by Gasteiger charge is 2.20. The molecule has 4 heteroatoms. The smallest absolute Gasteiger partial charge is 0.0869 e. The number of likely N-dealkylation sites (N-methyl/N-ethyl adjacent to an activating group) is 1. The molecule has 1 atom stereocenters. The summed E-state index contributed by atoms with van der Waals surface area (Å²) in [6.07, 6.45) is 0. The number of nitrogens with zero attached hydrogens (tertiary/aromatic N) is 1. The van der Waals surface area contributed by atoms with Gasteiger partial charge >= 0.3 is 0 Å². The van der Waals surface area contributed by atoms with E-state index in [1.54, 1.807) is 0 Å². The van der Waals surface area contributed by atoms with Gasteiger partial charge in [-0.1, -0.05) is 12.1 Å². The Morgan fingerprint density at radius 3 is 2.41 bits per heavy atom. The fourth-order valence-electron chi connectivity index (χ4n) is 1.82. The molecule has 1 aromatic rings. The lowest BCUT2D eigenvalue weighted by atomic mass is 10.1. The van der Waals surface area contributed by atoms with Crippen LogP contribution < -0.4 is 5.32 Å². The average Bonchev–Trinajstić information content (AvgIpc) is 2.18. The highest BCUT2D eigenvalue weighted by Crippen LogP contribution is 2.07. The maximum absolute atomic E-state index is 10.1. The molecule has 0 spiro atoms. The summed E-state index contributed by atoms with van der Waals surface area (Å²) in [5, 5.41) is 13.4. The van der Waals surface area contributed by atoms with Crippen molar-refractivity contribution in [3.8, 4) is 0 Å². The van der Waals surface area contributed by atoms with Gasteiger partial charge in [-0.05, 0) is 61.3 Å². The van der Waals surface area contributed by atoms with Crippen molar-refractivity contribution in [1.82, 2.24) is 10.2 Å². The molecule has 0 aliphatic heterocycles. The van der Waals surface area contributed by atoms with Gasteiger partial charge in [0.2, 0.25) is 0 Å². The zero-order chi connectivity index (χ0) is 12.9. The van der Waals surface area contributed by atoms with Crippen LogP contribution in [-0.4, -0.2) is 42.8 Å². The standard InChI is InChI=1S/C13H21IN2O/c1-13(17,10-16(2)3)9-15-8-11-4-6-12(14)7-5-11/h4-7,15,17H,8-10H2,1-3H3. The fraction of sp³-hybridized carbons (Fsp3) is 0.538. The molecule has 0 radical (unpaired) electrons. The van der Waals surface area contributed by atoms with Gasteiger partial charge < -0.3 is 15.3 Å². The molecule has 0 aliphatic carbocycles. The number of hydrogen-bond donors (Lipinski definition) is 2. The first kappa shape index (κ1) is 14.9. The molecule has 0 bridgehead atoms. The van der Waals surface area contributed by atoms with Crippen molar-refractivity contribution in [2.75, 3.05) is 27.2 Å². The van der Waals surface area contributed by atoms with Gasteiger partial charge in [0.05, 0.1) is 5.60 Å². The number of nitrogens with one attached hydrogen (secondary N) is 1. The van der Waals surface area contributed by atoms with Gasteiger partial charge in [-0.25, -0.2) is 0 Å². The minimum atomic E-state index is -0.688. The molecule has 17 heavy (non-hydrogen) atoms. The van der Waals surface area contributed by atoms with E-state index in [9.17, 15) is 5.11 Å². The first-order valence-electron chi connectivity index (χ1n) is 5.71. The first-order valence-corrected chi connectivity index (χ1v) is 6.79. The van der Waals surface area contributed by atoms with E-state index in [2.05, 4.69) is 52.2 Å². The summed E-state index contributed by atoms with van der Waals surface area (Å²) in [7, 11) is 3.93. The van der Waals surface area contributed by atoms with Crippen LogP contribution in [0.5, 0.6) is 0 Å².